The van der Waals surface area contributed by atoms with Crippen molar-refractivity contribution in [3.63, 3.8) is 0 Å². The molecule has 0 aliphatic carbocycles. The van der Waals surface area contributed by atoms with Crippen LogP contribution in [0.2, 0.25) is 0 Å². The molecule has 0 radical (unpaired) electrons. The fourth-order valence-corrected chi connectivity index (χ4v) is 6.21. The van der Waals surface area contributed by atoms with E-state index in [1.807, 2.05) is 0 Å². The summed E-state index contributed by atoms with van der Waals surface area (Å²) in [5.41, 5.74) is 0. The number of carbonyl (C=O) groups excluding carboxylic acids is 1. The Balaban J connectivity index is 3.39. The number of esters is 1. The summed E-state index contributed by atoms with van der Waals surface area (Å²) < 4.78 is 11.2. The van der Waals surface area contributed by atoms with E-state index in [0.717, 1.165) is 19.3 Å². The molecular formula is C42H82O4. The van der Waals surface area contributed by atoms with Crippen LogP contribution in [0.15, 0.2) is 12.2 Å². The number of aliphatic hydroxyl groups is 1. The third-order valence-electron chi connectivity index (χ3n) is 9.34. The van der Waals surface area contributed by atoms with Crippen LogP contribution >= 0.6 is 0 Å². The highest BCUT2D eigenvalue weighted by molar-refractivity contribution is 5.69. The fraction of sp³-hybridized carbons (Fsp3) is 0.929. The van der Waals surface area contributed by atoms with Crippen molar-refractivity contribution < 1.29 is 19.4 Å². The van der Waals surface area contributed by atoms with E-state index in [4.69, 9.17) is 9.47 Å². The van der Waals surface area contributed by atoms with Crippen LogP contribution in [0.1, 0.15) is 226 Å². The van der Waals surface area contributed by atoms with E-state index >= 15 is 0 Å². The lowest BCUT2D eigenvalue weighted by molar-refractivity contribution is -0.154. The molecule has 46 heavy (non-hydrogen) atoms. The van der Waals surface area contributed by atoms with Gasteiger partial charge in [0.15, 0.2) is 0 Å². The predicted molar refractivity (Wildman–Crippen MR) is 201 cm³/mol. The summed E-state index contributed by atoms with van der Waals surface area (Å²) in [6.45, 7) is 5.38. The van der Waals surface area contributed by atoms with E-state index in [1.165, 1.54) is 186 Å². The summed E-state index contributed by atoms with van der Waals surface area (Å²) in [6, 6.07) is 0. The quantitative estimate of drug-likeness (QED) is 0.0408. The first-order chi connectivity index (χ1) is 22.7. The Labute approximate surface area is 288 Å². The minimum absolute atomic E-state index is 0.168. The molecule has 274 valence electrons. The summed E-state index contributed by atoms with van der Waals surface area (Å²) in [4.78, 5) is 12.2. The largest absolute Gasteiger partial charge is 0.457 e. The molecule has 0 fully saturated rings. The van der Waals surface area contributed by atoms with Crippen LogP contribution in [-0.2, 0) is 14.3 Å². The van der Waals surface area contributed by atoms with Crippen LogP contribution in [0.4, 0.5) is 0 Å². The van der Waals surface area contributed by atoms with Gasteiger partial charge in [-0.2, -0.15) is 0 Å². The molecular weight excluding hydrogens is 568 g/mol. The standard InChI is InChI=1S/C42H82O4/c1-3-5-7-9-11-13-15-17-19-21-23-25-27-29-31-33-35-37-42(44)46-41(39-43)40-45-38-36-34-32-30-28-26-24-22-20-18-16-14-12-10-8-6-4-2/h17,19,41,43H,3-16,18,20-40H2,1-2H3/b19-17-. The van der Waals surface area contributed by atoms with Crippen molar-refractivity contribution in [2.75, 3.05) is 19.8 Å². The second-order valence-corrected chi connectivity index (χ2v) is 14.1. The van der Waals surface area contributed by atoms with E-state index in [1.54, 1.807) is 0 Å². The molecule has 0 spiro atoms. The summed E-state index contributed by atoms with van der Waals surface area (Å²) in [5.74, 6) is -0.201. The number of aliphatic hydroxyl groups excluding tert-OH is 1. The molecule has 0 aliphatic heterocycles. The highest BCUT2D eigenvalue weighted by Gasteiger charge is 2.13. The van der Waals surface area contributed by atoms with E-state index < -0.39 is 6.10 Å². The highest BCUT2D eigenvalue weighted by Crippen LogP contribution is 2.15. The molecule has 0 aliphatic rings. The summed E-state index contributed by atoms with van der Waals surface area (Å²) in [5, 5.41) is 9.59. The minimum Gasteiger partial charge on any atom is -0.457 e. The van der Waals surface area contributed by atoms with E-state index in [0.29, 0.717) is 19.6 Å². The van der Waals surface area contributed by atoms with Gasteiger partial charge in [-0.3, -0.25) is 4.79 Å². The summed E-state index contributed by atoms with van der Waals surface area (Å²) in [7, 11) is 0. The Kier molecular flexibility index (Phi) is 39.5. The Morgan fingerprint density at radius 1 is 0.500 bits per heavy atom. The molecule has 4 nitrogen and oxygen atoms in total. The molecule has 0 saturated carbocycles. The lowest BCUT2D eigenvalue weighted by atomic mass is 10.0. The molecule has 1 N–H and O–H groups in total. The van der Waals surface area contributed by atoms with Gasteiger partial charge in [0, 0.05) is 13.0 Å². The zero-order chi connectivity index (χ0) is 33.4. The van der Waals surface area contributed by atoms with Gasteiger partial charge in [-0.15, -0.1) is 0 Å². The predicted octanol–water partition coefficient (Wildman–Crippen LogP) is 13.4. The van der Waals surface area contributed by atoms with Crippen LogP contribution in [0.5, 0.6) is 0 Å². The van der Waals surface area contributed by atoms with E-state index in [-0.39, 0.29) is 12.6 Å². The minimum atomic E-state index is -0.530. The fourth-order valence-electron chi connectivity index (χ4n) is 6.21. The van der Waals surface area contributed by atoms with Crippen molar-refractivity contribution in [1.82, 2.24) is 0 Å². The number of ether oxygens (including phenoxy) is 2. The van der Waals surface area contributed by atoms with Crippen LogP contribution < -0.4 is 0 Å². The first-order valence-corrected chi connectivity index (χ1v) is 20.8. The molecule has 0 saturated heterocycles. The van der Waals surface area contributed by atoms with Crippen molar-refractivity contribution >= 4 is 5.97 Å². The maximum atomic E-state index is 12.2. The molecule has 0 aromatic heterocycles. The normalized spacial score (nSPS) is 12.3. The SMILES string of the molecule is CCCCCCCC/C=C\CCCCCCCCCC(=O)OC(CO)COCCCCCCCCCCCCCCCCCCC. The first-order valence-electron chi connectivity index (χ1n) is 20.8. The van der Waals surface area contributed by atoms with E-state index in [2.05, 4.69) is 26.0 Å². The third kappa shape index (κ3) is 37.6. The van der Waals surface area contributed by atoms with Crippen molar-refractivity contribution in [2.24, 2.45) is 0 Å². The average Bonchev–Trinajstić information content (AvgIpc) is 3.06. The van der Waals surface area contributed by atoms with Gasteiger partial charge >= 0.3 is 5.97 Å². The Morgan fingerprint density at radius 3 is 1.24 bits per heavy atom. The number of rotatable bonds is 39. The van der Waals surface area contributed by atoms with Gasteiger partial charge in [0.1, 0.15) is 6.10 Å². The maximum Gasteiger partial charge on any atom is 0.306 e. The number of hydrogen-bond acceptors (Lipinski definition) is 4. The van der Waals surface area contributed by atoms with Gasteiger partial charge in [-0.1, -0.05) is 193 Å². The van der Waals surface area contributed by atoms with Crippen molar-refractivity contribution in [1.29, 1.82) is 0 Å². The molecule has 1 unspecified atom stereocenters. The second-order valence-electron chi connectivity index (χ2n) is 14.1. The number of carbonyl (C=O) groups is 1. The van der Waals surface area contributed by atoms with Crippen LogP contribution in [0.3, 0.4) is 0 Å². The van der Waals surface area contributed by atoms with Gasteiger partial charge in [0.25, 0.3) is 0 Å². The smallest absolute Gasteiger partial charge is 0.306 e. The third-order valence-corrected chi connectivity index (χ3v) is 9.34. The lowest BCUT2D eigenvalue weighted by Gasteiger charge is -2.16. The first kappa shape index (κ1) is 45.1. The van der Waals surface area contributed by atoms with Gasteiger partial charge in [-0.25, -0.2) is 0 Å². The number of unbranched alkanes of at least 4 members (excludes halogenated alkanes) is 29. The van der Waals surface area contributed by atoms with Crippen LogP contribution in [-0.4, -0.2) is 37.0 Å². The molecule has 0 aromatic carbocycles. The van der Waals surface area contributed by atoms with Crippen LogP contribution in [0.25, 0.3) is 0 Å². The molecule has 0 bridgehead atoms. The Morgan fingerprint density at radius 2 is 0.848 bits per heavy atom. The van der Waals surface area contributed by atoms with Gasteiger partial charge in [-0.05, 0) is 38.5 Å². The summed E-state index contributed by atoms with van der Waals surface area (Å²) >= 11 is 0. The topological polar surface area (TPSA) is 55.8 Å². The van der Waals surface area contributed by atoms with Crippen molar-refractivity contribution in [2.45, 2.75) is 232 Å². The highest BCUT2D eigenvalue weighted by atomic mass is 16.6. The Bertz CT molecular complexity index is 604. The molecule has 0 heterocycles. The van der Waals surface area contributed by atoms with Crippen molar-refractivity contribution in [3.05, 3.63) is 12.2 Å². The average molecular weight is 651 g/mol. The zero-order valence-electron chi connectivity index (χ0n) is 31.4. The van der Waals surface area contributed by atoms with Gasteiger partial charge < -0.3 is 14.6 Å². The zero-order valence-corrected chi connectivity index (χ0v) is 31.4. The molecule has 0 aromatic rings. The lowest BCUT2D eigenvalue weighted by Crippen LogP contribution is -2.27. The molecule has 0 amide bonds. The number of hydrogen-bond donors (Lipinski definition) is 1. The molecule has 4 heteroatoms. The van der Waals surface area contributed by atoms with Gasteiger partial charge in [0.05, 0.1) is 13.2 Å². The second kappa shape index (κ2) is 40.3. The van der Waals surface area contributed by atoms with Crippen LogP contribution in [0, 0.1) is 0 Å². The molecule has 1 atom stereocenters. The van der Waals surface area contributed by atoms with Gasteiger partial charge in [0.2, 0.25) is 0 Å². The monoisotopic (exact) mass is 651 g/mol. The van der Waals surface area contributed by atoms with Crippen molar-refractivity contribution in [3.8, 4) is 0 Å². The Hall–Kier alpha value is -0.870. The molecule has 0 rings (SSSR count). The van der Waals surface area contributed by atoms with E-state index in [9.17, 15) is 9.90 Å². The maximum absolute atomic E-state index is 12.2. The summed E-state index contributed by atoms with van der Waals surface area (Å²) in [6.07, 6.45) is 46.9. The number of allylic oxidation sites excluding steroid dienone is 2.